The molecular formula is C43H86NO9P. The summed E-state index contributed by atoms with van der Waals surface area (Å²) in [6, 6.07) is 0. The lowest BCUT2D eigenvalue weighted by atomic mass is 10.0. The first kappa shape index (κ1) is 53.0. The average Bonchev–Trinajstić information content (AvgIpc) is 3.17. The first-order valence-corrected chi connectivity index (χ1v) is 24.1. The Kier molecular flexibility index (Phi) is 40.8. The summed E-state index contributed by atoms with van der Waals surface area (Å²) in [7, 11) is -4.07. The number of aliphatic hydroxyl groups is 1. The molecule has 322 valence electrons. The molecule has 2 unspecified atom stereocenters. The summed E-state index contributed by atoms with van der Waals surface area (Å²) in [5.74, 6) is -0.794. The number of nitrogens with two attached hydrogens (primary N) is 1. The molecule has 0 aromatic carbocycles. The first-order chi connectivity index (χ1) is 26.4. The van der Waals surface area contributed by atoms with Crippen molar-refractivity contribution in [3.63, 3.8) is 0 Å². The number of phosphoric ester groups is 1. The molecular weight excluding hydrogens is 705 g/mol. The molecule has 3 N–H and O–H groups in total. The van der Waals surface area contributed by atoms with E-state index in [4.69, 9.17) is 33.9 Å². The molecule has 0 bridgehead atoms. The Balaban J connectivity index is 4.36. The third-order valence-electron chi connectivity index (χ3n) is 9.82. The van der Waals surface area contributed by atoms with Gasteiger partial charge in [0.05, 0.1) is 26.4 Å². The molecule has 54 heavy (non-hydrogen) atoms. The van der Waals surface area contributed by atoms with Crippen molar-refractivity contribution in [1.82, 2.24) is 0 Å². The average molecular weight is 792 g/mol. The first-order valence-electron chi connectivity index (χ1n) is 22.6. The Bertz CT molecular complexity index is 851. The van der Waals surface area contributed by atoms with Crippen LogP contribution in [0.3, 0.4) is 0 Å². The summed E-state index contributed by atoms with van der Waals surface area (Å²) in [5.41, 5.74) is 5.48. The number of carbonyl (C=O) groups is 2. The lowest BCUT2D eigenvalue weighted by Crippen LogP contribution is -2.30. The van der Waals surface area contributed by atoms with Crippen LogP contribution in [0.15, 0.2) is 0 Å². The number of esters is 2. The number of hydrogen-bond acceptors (Lipinski definition) is 10. The maximum atomic E-state index is 13.0. The van der Waals surface area contributed by atoms with E-state index in [1.165, 1.54) is 154 Å². The number of rotatable bonds is 44. The molecule has 0 aliphatic rings. The van der Waals surface area contributed by atoms with E-state index in [1.807, 2.05) is 0 Å². The SMILES string of the molecule is CCCCCCCCCCCCCCCCCC(=O)OCC(COP(=O)(OCCN)OCCO)OC(=O)CCCCCCCCCCCCCCCCC. The van der Waals surface area contributed by atoms with Crippen LogP contribution in [0.5, 0.6) is 0 Å². The molecule has 0 amide bonds. The van der Waals surface area contributed by atoms with E-state index >= 15 is 0 Å². The molecule has 2 atom stereocenters. The Hall–Kier alpha value is -1.03. The summed E-state index contributed by atoms with van der Waals surface area (Å²) in [6.07, 6.45) is 36.9. The van der Waals surface area contributed by atoms with Gasteiger partial charge in [0.2, 0.25) is 0 Å². The van der Waals surface area contributed by atoms with Crippen LogP contribution in [0.25, 0.3) is 0 Å². The van der Waals surface area contributed by atoms with E-state index in [0.29, 0.717) is 6.42 Å². The third kappa shape index (κ3) is 37.9. The number of carbonyl (C=O) groups excluding carboxylic acids is 2. The standard InChI is InChI=1S/C43H86NO9P/c1-3-5-7-9-11-13-15-17-19-21-23-25-27-29-31-33-42(46)49-39-41(40-52-54(48,50-37-35-44)51-38-36-45)53-43(47)34-32-30-28-26-24-22-20-18-16-14-12-10-8-6-4-2/h41,45H,3-40,44H2,1-2H3. The van der Waals surface area contributed by atoms with Gasteiger partial charge in [-0.2, -0.15) is 0 Å². The van der Waals surface area contributed by atoms with Crippen molar-refractivity contribution in [2.24, 2.45) is 5.73 Å². The zero-order valence-electron chi connectivity index (χ0n) is 35.2. The zero-order valence-corrected chi connectivity index (χ0v) is 36.1. The Morgan fingerprint density at radius 3 is 1.22 bits per heavy atom. The summed E-state index contributed by atoms with van der Waals surface area (Å²) < 4.78 is 39.8. The maximum absolute atomic E-state index is 13.0. The number of hydrogen-bond donors (Lipinski definition) is 2. The van der Waals surface area contributed by atoms with Gasteiger partial charge in [0, 0.05) is 19.4 Å². The van der Waals surface area contributed by atoms with Crippen molar-refractivity contribution in [2.75, 3.05) is 39.6 Å². The van der Waals surface area contributed by atoms with Crippen LogP contribution < -0.4 is 5.73 Å². The predicted molar refractivity (Wildman–Crippen MR) is 222 cm³/mol. The largest absolute Gasteiger partial charge is 0.475 e. The van der Waals surface area contributed by atoms with Gasteiger partial charge in [-0.1, -0.05) is 194 Å². The predicted octanol–water partition coefficient (Wildman–Crippen LogP) is 12.1. The molecule has 11 heteroatoms. The highest BCUT2D eigenvalue weighted by Crippen LogP contribution is 2.49. The van der Waals surface area contributed by atoms with Crippen LogP contribution in [-0.2, 0) is 37.2 Å². The smallest absolute Gasteiger partial charge is 0.462 e. The van der Waals surface area contributed by atoms with Gasteiger partial charge < -0.3 is 20.3 Å². The fraction of sp³-hybridized carbons (Fsp3) is 0.953. The number of phosphoric acid groups is 1. The second kappa shape index (κ2) is 41.6. The highest BCUT2D eigenvalue weighted by molar-refractivity contribution is 7.48. The van der Waals surface area contributed by atoms with Gasteiger partial charge in [-0.15, -0.1) is 0 Å². The second-order valence-corrected chi connectivity index (χ2v) is 16.8. The highest BCUT2D eigenvalue weighted by atomic mass is 31.2. The van der Waals surface area contributed by atoms with E-state index in [2.05, 4.69) is 13.8 Å². The van der Waals surface area contributed by atoms with Crippen molar-refractivity contribution < 1.29 is 42.3 Å². The van der Waals surface area contributed by atoms with Crippen molar-refractivity contribution in [1.29, 1.82) is 0 Å². The van der Waals surface area contributed by atoms with Crippen LogP contribution in [0.1, 0.15) is 219 Å². The van der Waals surface area contributed by atoms with Crippen LogP contribution in [-0.4, -0.2) is 62.7 Å². The van der Waals surface area contributed by atoms with Gasteiger partial charge in [-0.25, -0.2) is 4.57 Å². The molecule has 0 aliphatic heterocycles. The number of ether oxygens (including phenoxy) is 2. The summed E-state index contributed by atoms with van der Waals surface area (Å²) in [4.78, 5) is 25.3. The quantitative estimate of drug-likeness (QED) is 0.0347. The summed E-state index contributed by atoms with van der Waals surface area (Å²) in [5, 5.41) is 9.12. The van der Waals surface area contributed by atoms with Crippen molar-refractivity contribution in [3.05, 3.63) is 0 Å². The van der Waals surface area contributed by atoms with Gasteiger partial charge in [-0.05, 0) is 12.8 Å². The van der Waals surface area contributed by atoms with E-state index in [9.17, 15) is 14.2 Å². The van der Waals surface area contributed by atoms with Crippen LogP contribution in [0, 0.1) is 0 Å². The highest BCUT2D eigenvalue weighted by Gasteiger charge is 2.29. The topological polar surface area (TPSA) is 144 Å². The fourth-order valence-corrected chi connectivity index (χ4v) is 7.71. The third-order valence-corrected chi connectivity index (χ3v) is 11.3. The molecule has 0 rings (SSSR count). The normalized spacial score (nSPS) is 13.2. The summed E-state index contributed by atoms with van der Waals surface area (Å²) in [6.45, 7) is 3.30. The van der Waals surface area contributed by atoms with Gasteiger partial charge in [0.1, 0.15) is 6.61 Å². The molecule has 0 fully saturated rings. The van der Waals surface area contributed by atoms with Crippen LogP contribution in [0.4, 0.5) is 0 Å². The molecule has 0 aliphatic carbocycles. The molecule has 0 saturated heterocycles. The Morgan fingerprint density at radius 1 is 0.500 bits per heavy atom. The summed E-state index contributed by atoms with van der Waals surface area (Å²) >= 11 is 0. The van der Waals surface area contributed by atoms with E-state index in [1.54, 1.807) is 0 Å². The number of unbranched alkanes of at least 4 members (excludes halogenated alkanes) is 28. The minimum absolute atomic E-state index is 0.0827. The lowest BCUT2D eigenvalue weighted by molar-refractivity contribution is -0.161. The lowest BCUT2D eigenvalue weighted by Gasteiger charge is -2.22. The van der Waals surface area contributed by atoms with Crippen molar-refractivity contribution in [3.8, 4) is 0 Å². The number of aliphatic hydroxyl groups excluding tert-OH is 1. The van der Waals surface area contributed by atoms with E-state index in [-0.39, 0.29) is 58.4 Å². The van der Waals surface area contributed by atoms with Gasteiger partial charge in [0.15, 0.2) is 6.10 Å². The molecule has 0 aromatic heterocycles. The monoisotopic (exact) mass is 792 g/mol. The van der Waals surface area contributed by atoms with E-state index < -0.39 is 19.9 Å². The Labute approximate surface area is 332 Å². The van der Waals surface area contributed by atoms with Crippen molar-refractivity contribution >= 4 is 19.8 Å². The molecule has 0 radical (unpaired) electrons. The molecule has 0 heterocycles. The fourth-order valence-electron chi connectivity index (χ4n) is 6.50. The molecule has 10 nitrogen and oxygen atoms in total. The van der Waals surface area contributed by atoms with Crippen LogP contribution in [0.2, 0.25) is 0 Å². The Morgan fingerprint density at radius 2 is 0.852 bits per heavy atom. The zero-order chi connectivity index (χ0) is 39.6. The molecule has 0 saturated carbocycles. The molecule has 0 aromatic rings. The minimum Gasteiger partial charge on any atom is -0.462 e. The maximum Gasteiger partial charge on any atom is 0.475 e. The van der Waals surface area contributed by atoms with Gasteiger partial charge >= 0.3 is 19.8 Å². The van der Waals surface area contributed by atoms with Crippen LogP contribution >= 0.6 is 7.82 Å². The van der Waals surface area contributed by atoms with Gasteiger partial charge in [0.25, 0.3) is 0 Å². The van der Waals surface area contributed by atoms with E-state index in [0.717, 1.165) is 32.1 Å². The van der Waals surface area contributed by atoms with Crippen molar-refractivity contribution in [2.45, 2.75) is 225 Å². The van der Waals surface area contributed by atoms with Gasteiger partial charge in [-0.3, -0.25) is 23.2 Å². The minimum atomic E-state index is -4.07. The molecule has 0 spiro atoms. The second-order valence-electron chi connectivity index (χ2n) is 15.1.